The van der Waals surface area contributed by atoms with Crippen LogP contribution in [0.25, 0.3) is 0 Å². The van der Waals surface area contributed by atoms with Gasteiger partial charge in [0.1, 0.15) is 5.82 Å². The van der Waals surface area contributed by atoms with Crippen molar-refractivity contribution in [3.63, 3.8) is 0 Å². The largest absolute Gasteiger partial charge is 0.339 e. The SMILES string of the molecule is C=CCNCCCCc1nc(Nc2ccc(C(=O)N(C)C3CCN(CC/C=C/C#N)CC3)cc2)n[nH]1. The second-order valence-electron chi connectivity index (χ2n) is 9.07. The lowest BCUT2D eigenvalue weighted by molar-refractivity contribution is 0.0644. The Morgan fingerprint density at radius 3 is 2.81 bits per heavy atom. The number of nitrogens with zero attached hydrogens (tertiary/aromatic N) is 5. The van der Waals surface area contributed by atoms with E-state index >= 15 is 0 Å². The van der Waals surface area contributed by atoms with Crippen molar-refractivity contribution >= 4 is 17.5 Å². The molecule has 1 aromatic heterocycles. The Morgan fingerprint density at radius 2 is 2.08 bits per heavy atom. The van der Waals surface area contributed by atoms with E-state index in [1.165, 1.54) is 6.08 Å². The summed E-state index contributed by atoms with van der Waals surface area (Å²) in [5, 5.41) is 22.3. The van der Waals surface area contributed by atoms with Gasteiger partial charge in [-0.3, -0.25) is 9.89 Å². The number of piperidine rings is 1. The van der Waals surface area contributed by atoms with Gasteiger partial charge in [-0.1, -0.05) is 12.2 Å². The Bertz CT molecular complexity index is 1020. The Kier molecular flexibility index (Phi) is 11.2. The number of likely N-dealkylation sites (tertiary alicyclic amines) is 1. The van der Waals surface area contributed by atoms with E-state index < -0.39 is 0 Å². The topological polar surface area (TPSA) is 113 Å². The van der Waals surface area contributed by atoms with Crippen LogP contribution in [0.15, 0.2) is 49.1 Å². The minimum atomic E-state index is 0.0414. The van der Waals surface area contributed by atoms with Crippen LogP contribution in [0.4, 0.5) is 11.6 Å². The van der Waals surface area contributed by atoms with Crippen molar-refractivity contribution in [1.82, 2.24) is 30.3 Å². The molecule has 3 N–H and O–H groups in total. The molecule has 3 rings (SSSR count). The van der Waals surface area contributed by atoms with Gasteiger partial charge in [0, 0.05) is 63.0 Å². The first-order chi connectivity index (χ1) is 17.6. The van der Waals surface area contributed by atoms with Crippen LogP contribution in [0.1, 0.15) is 48.3 Å². The van der Waals surface area contributed by atoms with E-state index in [2.05, 4.69) is 37.3 Å². The highest BCUT2D eigenvalue weighted by atomic mass is 16.2. The minimum absolute atomic E-state index is 0.0414. The van der Waals surface area contributed by atoms with Crippen molar-refractivity contribution in [3.05, 3.63) is 60.5 Å². The molecule has 1 aliphatic heterocycles. The van der Waals surface area contributed by atoms with Crippen LogP contribution in [-0.2, 0) is 6.42 Å². The van der Waals surface area contributed by atoms with Crippen molar-refractivity contribution in [2.75, 3.05) is 45.1 Å². The summed E-state index contributed by atoms with van der Waals surface area (Å²) < 4.78 is 0. The van der Waals surface area contributed by atoms with E-state index in [1.54, 1.807) is 0 Å². The number of carbonyl (C=O) groups is 1. The molecule has 9 heteroatoms. The molecule has 1 aliphatic rings. The van der Waals surface area contributed by atoms with E-state index in [1.807, 2.05) is 54.4 Å². The van der Waals surface area contributed by atoms with Crippen LogP contribution in [0.5, 0.6) is 0 Å². The van der Waals surface area contributed by atoms with Crippen LogP contribution in [0, 0.1) is 11.3 Å². The number of hydrogen-bond acceptors (Lipinski definition) is 7. The second kappa shape index (κ2) is 14.8. The quantitative estimate of drug-likeness (QED) is 0.210. The predicted molar refractivity (Wildman–Crippen MR) is 143 cm³/mol. The van der Waals surface area contributed by atoms with Crippen LogP contribution in [-0.4, -0.2) is 76.7 Å². The average Bonchev–Trinajstić information content (AvgIpc) is 3.35. The van der Waals surface area contributed by atoms with Gasteiger partial charge >= 0.3 is 0 Å². The lowest BCUT2D eigenvalue weighted by Gasteiger charge is -2.36. The monoisotopic (exact) mass is 490 g/mol. The smallest absolute Gasteiger partial charge is 0.253 e. The summed E-state index contributed by atoms with van der Waals surface area (Å²) in [6, 6.07) is 9.74. The summed E-state index contributed by atoms with van der Waals surface area (Å²) >= 11 is 0. The Hall–Kier alpha value is -3.48. The number of nitrogens with one attached hydrogen (secondary N) is 3. The van der Waals surface area contributed by atoms with E-state index in [0.717, 1.165) is 82.8 Å². The first-order valence-electron chi connectivity index (χ1n) is 12.7. The van der Waals surface area contributed by atoms with E-state index in [9.17, 15) is 4.79 Å². The van der Waals surface area contributed by atoms with E-state index in [0.29, 0.717) is 11.5 Å². The zero-order valence-corrected chi connectivity index (χ0v) is 21.2. The highest BCUT2D eigenvalue weighted by Gasteiger charge is 2.25. The fraction of sp³-hybridized carbons (Fsp3) is 0.481. The highest BCUT2D eigenvalue weighted by Crippen LogP contribution is 2.20. The number of H-pyrrole nitrogens is 1. The van der Waals surface area contributed by atoms with Gasteiger partial charge in [0.25, 0.3) is 5.91 Å². The highest BCUT2D eigenvalue weighted by molar-refractivity contribution is 5.94. The molecule has 2 heterocycles. The fourth-order valence-corrected chi connectivity index (χ4v) is 4.33. The molecule has 1 fully saturated rings. The molecule has 0 bridgehead atoms. The number of rotatable bonds is 14. The molecular formula is C27H38N8O. The van der Waals surface area contributed by atoms with Gasteiger partial charge in [0.2, 0.25) is 5.95 Å². The summed E-state index contributed by atoms with van der Waals surface area (Å²) in [6.07, 6.45) is 11.1. The number of anilines is 2. The van der Waals surface area contributed by atoms with Gasteiger partial charge < -0.3 is 20.4 Å². The summed E-state index contributed by atoms with van der Waals surface area (Å²) in [5.41, 5.74) is 1.51. The van der Waals surface area contributed by atoms with Crippen molar-refractivity contribution in [1.29, 1.82) is 5.26 Å². The number of aryl methyl sites for hydroxylation is 1. The number of unbranched alkanes of at least 4 members (excludes halogenated alkanes) is 1. The molecule has 2 aromatic rings. The Balaban J connectivity index is 1.42. The number of hydrogen-bond donors (Lipinski definition) is 3. The summed E-state index contributed by atoms with van der Waals surface area (Å²) in [6.45, 7) is 8.39. The summed E-state index contributed by atoms with van der Waals surface area (Å²) in [4.78, 5) is 21.8. The third kappa shape index (κ3) is 8.63. The molecule has 9 nitrogen and oxygen atoms in total. The summed E-state index contributed by atoms with van der Waals surface area (Å²) in [5.74, 6) is 1.43. The normalized spacial score (nSPS) is 14.6. The maximum absolute atomic E-state index is 13.0. The number of carbonyl (C=O) groups excluding carboxylic acids is 1. The van der Waals surface area contributed by atoms with Gasteiger partial charge in [-0.2, -0.15) is 10.2 Å². The molecule has 1 saturated heterocycles. The molecule has 1 aromatic carbocycles. The van der Waals surface area contributed by atoms with Crippen molar-refractivity contribution in [2.45, 2.75) is 44.6 Å². The van der Waals surface area contributed by atoms with Crippen LogP contribution in [0.2, 0.25) is 0 Å². The number of amides is 1. The number of aromatic nitrogens is 3. The molecule has 0 radical (unpaired) electrons. The van der Waals surface area contributed by atoms with E-state index in [-0.39, 0.29) is 11.9 Å². The van der Waals surface area contributed by atoms with Crippen LogP contribution in [0.3, 0.4) is 0 Å². The third-order valence-electron chi connectivity index (χ3n) is 6.46. The zero-order valence-electron chi connectivity index (χ0n) is 21.2. The average molecular weight is 491 g/mol. The lowest BCUT2D eigenvalue weighted by Crippen LogP contribution is -2.45. The number of benzene rings is 1. The standard InChI is InChI=1S/C27H38N8O/c1-3-17-29-18-7-5-9-25-31-27(33-32-25)30-23-12-10-22(11-13-23)26(36)34(2)24-14-20-35(21-15-24)19-8-4-6-16-28/h3-4,6,10-13,24,29H,1,5,7-9,14-15,17-21H2,2H3,(H2,30,31,32,33)/b6-4+. The number of allylic oxidation sites excluding steroid dienone is 1. The van der Waals surface area contributed by atoms with Crippen LogP contribution < -0.4 is 10.6 Å². The molecule has 192 valence electrons. The van der Waals surface area contributed by atoms with Crippen molar-refractivity contribution in [2.24, 2.45) is 0 Å². The molecular weight excluding hydrogens is 452 g/mol. The fourth-order valence-electron chi connectivity index (χ4n) is 4.33. The first-order valence-corrected chi connectivity index (χ1v) is 12.7. The van der Waals surface area contributed by atoms with Gasteiger partial charge in [-0.15, -0.1) is 11.7 Å². The molecule has 0 unspecified atom stereocenters. The predicted octanol–water partition coefficient (Wildman–Crippen LogP) is 3.65. The lowest BCUT2D eigenvalue weighted by atomic mass is 10.0. The maximum Gasteiger partial charge on any atom is 0.253 e. The summed E-state index contributed by atoms with van der Waals surface area (Å²) in [7, 11) is 1.90. The molecule has 0 saturated carbocycles. The second-order valence-corrected chi connectivity index (χ2v) is 9.07. The van der Waals surface area contributed by atoms with Crippen molar-refractivity contribution in [3.8, 4) is 6.07 Å². The maximum atomic E-state index is 13.0. The number of aromatic amines is 1. The first kappa shape index (κ1) is 27.1. The van der Waals surface area contributed by atoms with Gasteiger partial charge in [-0.05, 0) is 62.9 Å². The van der Waals surface area contributed by atoms with Crippen molar-refractivity contribution < 1.29 is 4.79 Å². The Morgan fingerprint density at radius 1 is 1.31 bits per heavy atom. The number of nitriles is 1. The van der Waals surface area contributed by atoms with Gasteiger partial charge in [0.15, 0.2) is 0 Å². The molecule has 0 atom stereocenters. The molecule has 0 aliphatic carbocycles. The molecule has 1 amide bonds. The third-order valence-corrected chi connectivity index (χ3v) is 6.46. The van der Waals surface area contributed by atoms with Gasteiger partial charge in [0.05, 0.1) is 6.07 Å². The van der Waals surface area contributed by atoms with Gasteiger partial charge in [-0.25, -0.2) is 0 Å². The van der Waals surface area contributed by atoms with E-state index in [4.69, 9.17) is 5.26 Å². The van der Waals surface area contributed by atoms with Crippen LogP contribution >= 0.6 is 0 Å². The molecule has 0 spiro atoms. The Labute approximate surface area is 214 Å². The minimum Gasteiger partial charge on any atom is -0.339 e. The molecule has 36 heavy (non-hydrogen) atoms. The zero-order chi connectivity index (χ0) is 25.6.